The van der Waals surface area contributed by atoms with E-state index in [1.165, 1.54) is 0 Å². The number of hydrogen-bond donors (Lipinski definition) is 1. The van der Waals surface area contributed by atoms with Crippen molar-refractivity contribution < 1.29 is 14.3 Å². The van der Waals surface area contributed by atoms with Crippen LogP contribution in [0.1, 0.15) is 37.8 Å². The number of carbonyl (C=O) groups excluding carboxylic acids is 2. The lowest BCUT2D eigenvalue weighted by molar-refractivity contribution is -0.122. The molecule has 4 heterocycles. The Morgan fingerprint density at radius 2 is 1.40 bits per heavy atom. The number of aryl methyl sites for hydroxylation is 1. The Balaban J connectivity index is 1.62. The molecule has 4 bridgehead atoms. The van der Waals surface area contributed by atoms with Gasteiger partial charge < -0.3 is 13.9 Å². The Kier molecular flexibility index (Phi) is 5.33. The Morgan fingerprint density at radius 3 is 1.97 bits per heavy atom. The van der Waals surface area contributed by atoms with Gasteiger partial charge >= 0.3 is 0 Å². The number of rotatable bonds is 2. The number of fused-ring (bicyclic) bond motifs is 12. The molecule has 0 unspecified atom stereocenters. The molecule has 2 aliphatic rings. The fourth-order valence-electron chi connectivity index (χ4n) is 5.63. The molecule has 0 radical (unpaired) electrons. The molecule has 6 rings (SSSR count). The molecule has 0 saturated carbocycles. The number of imide groups is 1. The second kappa shape index (κ2) is 8.54. The van der Waals surface area contributed by atoms with Gasteiger partial charge in [-0.2, -0.15) is 0 Å². The summed E-state index contributed by atoms with van der Waals surface area (Å²) in [4.78, 5) is 26.4. The van der Waals surface area contributed by atoms with E-state index in [9.17, 15) is 9.59 Å². The van der Waals surface area contributed by atoms with E-state index in [0.717, 1.165) is 52.3 Å². The van der Waals surface area contributed by atoms with E-state index in [1.807, 2.05) is 48.8 Å². The summed E-state index contributed by atoms with van der Waals surface area (Å²) in [5, 5.41) is 4.51. The highest BCUT2D eigenvalue weighted by molar-refractivity contribution is 6.50. The third kappa shape index (κ3) is 3.69. The highest BCUT2D eigenvalue weighted by Crippen LogP contribution is 2.39. The molecule has 35 heavy (non-hydrogen) atoms. The molecular weight excluding hydrogens is 438 g/mol. The van der Waals surface area contributed by atoms with Gasteiger partial charge in [0.25, 0.3) is 11.8 Å². The molecule has 0 saturated heterocycles. The molecule has 0 spiro atoms. The molecule has 6 nitrogen and oxygen atoms in total. The number of benzene rings is 2. The van der Waals surface area contributed by atoms with Crippen molar-refractivity contribution in [3.05, 3.63) is 72.1 Å². The van der Waals surface area contributed by atoms with E-state index in [0.29, 0.717) is 30.2 Å². The van der Waals surface area contributed by atoms with Crippen LogP contribution in [0.25, 0.3) is 33.0 Å². The molecular formula is C29H29N3O3. The fourth-order valence-corrected chi connectivity index (χ4v) is 5.63. The lowest BCUT2D eigenvalue weighted by Crippen LogP contribution is -2.22. The number of hydrogen-bond acceptors (Lipinski definition) is 3. The first-order valence-corrected chi connectivity index (χ1v) is 12.4. The van der Waals surface area contributed by atoms with Gasteiger partial charge in [0.1, 0.15) is 0 Å². The van der Waals surface area contributed by atoms with E-state index in [-0.39, 0.29) is 17.9 Å². The summed E-state index contributed by atoms with van der Waals surface area (Å²) in [5.74, 6) is -0.140. The minimum Gasteiger partial charge on any atom is -0.376 e. The molecule has 1 atom stereocenters. The molecule has 2 aromatic heterocycles. The molecule has 178 valence electrons. The van der Waals surface area contributed by atoms with Crippen LogP contribution in [0.4, 0.5) is 0 Å². The standard InChI is InChI=1S/C29H29N3O3/c1-18(2)15-19-11-12-31-16-22(20-7-3-5-9-24(20)31)26-27(29(34)30-28(26)33)23-17-32(13-14-35-19)25-10-6-4-8-21(23)25/h3-10,16-19H,11-15H2,1-2H3,(H,30,33,34)/t19-/m0/s1. The number of para-hydroxylation sites is 2. The first-order valence-electron chi connectivity index (χ1n) is 12.4. The maximum atomic E-state index is 13.2. The minimum atomic E-state index is -0.343. The van der Waals surface area contributed by atoms with Crippen molar-refractivity contribution in [3.63, 3.8) is 0 Å². The summed E-state index contributed by atoms with van der Waals surface area (Å²) in [6.07, 6.45) is 6.07. The third-order valence-corrected chi connectivity index (χ3v) is 7.16. The summed E-state index contributed by atoms with van der Waals surface area (Å²) < 4.78 is 10.8. The van der Waals surface area contributed by atoms with Crippen LogP contribution in [0.15, 0.2) is 60.9 Å². The number of nitrogens with zero attached hydrogens (tertiary/aromatic N) is 2. The first-order chi connectivity index (χ1) is 17.0. The SMILES string of the molecule is CC(C)C[C@@H]1CCn2cc(c3ccccc32)C2=C(C(=O)NC2=O)c2cn(c3ccccc23)CCO1. The van der Waals surface area contributed by atoms with Crippen molar-refractivity contribution in [2.75, 3.05) is 6.61 Å². The first kappa shape index (κ1) is 21.9. The average molecular weight is 468 g/mol. The maximum absolute atomic E-state index is 13.2. The van der Waals surface area contributed by atoms with E-state index in [1.54, 1.807) is 0 Å². The minimum absolute atomic E-state index is 0.148. The number of carbonyl (C=O) groups is 2. The predicted molar refractivity (Wildman–Crippen MR) is 138 cm³/mol. The van der Waals surface area contributed by atoms with Crippen LogP contribution in [-0.4, -0.2) is 33.7 Å². The van der Waals surface area contributed by atoms with Gasteiger partial charge in [-0.25, -0.2) is 0 Å². The van der Waals surface area contributed by atoms with Gasteiger partial charge in [0.05, 0.1) is 23.9 Å². The largest absolute Gasteiger partial charge is 0.376 e. The highest BCUT2D eigenvalue weighted by Gasteiger charge is 2.35. The van der Waals surface area contributed by atoms with Crippen LogP contribution in [-0.2, 0) is 27.4 Å². The Bertz CT molecular complexity index is 1500. The maximum Gasteiger partial charge on any atom is 0.259 e. The summed E-state index contributed by atoms with van der Waals surface area (Å²) in [5.41, 5.74) is 4.58. The van der Waals surface area contributed by atoms with Crippen LogP contribution < -0.4 is 5.32 Å². The Labute approximate surface area is 204 Å². The van der Waals surface area contributed by atoms with Crippen LogP contribution in [0.2, 0.25) is 0 Å². The molecule has 2 aromatic carbocycles. The monoisotopic (exact) mass is 467 g/mol. The van der Waals surface area contributed by atoms with Gasteiger partial charge in [0.2, 0.25) is 0 Å². The second-order valence-corrected chi connectivity index (χ2v) is 9.95. The van der Waals surface area contributed by atoms with Gasteiger partial charge in [0.15, 0.2) is 0 Å². The van der Waals surface area contributed by atoms with E-state index >= 15 is 0 Å². The smallest absolute Gasteiger partial charge is 0.259 e. The zero-order valence-electron chi connectivity index (χ0n) is 20.1. The number of ether oxygens (including phenoxy) is 1. The lowest BCUT2D eigenvalue weighted by Gasteiger charge is -2.21. The fraction of sp³-hybridized carbons (Fsp3) is 0.310. The van der Waals surface area contributed by atoms with Crippen molar-refractivity contribution in [3.8, 4) is 0 Å². The summed E-state index contributed by atoms with van der Waals surface area (Å²) >= 11 is 0. The summed E-state index contributed by atoms with van der Waals surface area (Å²) in [7, 11) is 0. The van der Waals surface area contributed by atoms with Crippen LogP contribution >= 0.6 is 0 Å². The molecule has 0 aliphatic carbocycles. The number of amides is 2. The van der Waals surface area contributed by atoms with Crippen LogP contribution in [0.3, 0.4) is 0 Å². The topological polar surface area (TPSA) is 65.3 Å². The predicted octanol–water partition coefficient (Wildman–Crippen LogP) is 5.00. The van der Waals surface area contributed by atoms with Crippen molar-refractivity contribution in [2.24, 2.45) is 5.92 Å². The lowest BCUT2D eigenvalue weighted by atomic mass is 9.95. The quantitative estimate of drug-likeness (QED) is 0.422. The molecule has 2 aliphatic heterocycles. The van der Waals surface area contributed by atoms with Crippen molar-refractivity contribution >= 4 is 44.8 Å². The average Bonchev–Trinajstić information content (AvgIpc) is 3.47. The van der Waals surface area contributed by atoms with Crippen LogP contribution in [0.5, 0.6) is 0 Å². The summed E-state index contributed by atoms with van der Waals surface area (Å²) in [6.45, 7) is 6.51. The zero-order valence-corrected chi connectivity index (χ0v) is 20.1. The summed E-state index contributed by atoms with van der Waals surface area (Å²) in [6, 6.07) is 16.2. The van der Waals surface area contributed by atoms with Gasteiger partial charge in [-0.05, 0) is 30.9 Å². The van der Waals surface area contributed by atoms with Crippen molar-refractivity contribution in [1.82, 2.24) is 14.5 Å². The van der Waals surface area contributed by atoms with Crippen molar-refractivity contribution in [1.29, 1.82) is 0 Å². The Hall–Kier alpha value is -3.64. The highest BCUT2D eigenvalue weighted by atomic mass is 16.5. The molecule has 6 heteroatoms. The molecule has 2 amide bonds. The normalized spacial score (nSPS) is 18.9. The number of nitrogens with one attached hydrogen (secondary N) is 1. The third-order valence-electron chi connectivity index (χ3n) is 7.16. The molecule has 0 fully saturated rings. The van der Waals surface area contributed by atoms with Gasteiger partial charge in [0, 0.05) is 58.4 Å². The molecule has 1 N–H and O–H groups in total. The van der Waals surface area contributed by atoms with E-state index in [4.69, 9.17) is 4.74 Å². The van der Waals surface area contributed by atoms with Gasteiger partial charge in [-0.1, -0.05) is 50.2 Å². The Morgan fingerprint density at radius 1 is 0.857 bits per heavy atom. The van der Waals surface area contributed by atoms with Crippen LogP contribution in [0, 0.1) is 5.92 Å². The zero-order chi connectivity index (χ0) is 24.1. The van der Waals surface area contributed by atoms with Gasteiger partial charge in [-0.15, -0.1) is 0 Å². The second-order valence-electron chi connectivity index (χ2n) is 9.95. The van der Waals surface area contributed by atoms with Gasteiger partial charge in [-0.3, -0.25) is 14.9 Å². The molecule has 4 aromatic rings. The number of aromatic nitrogens is 2. The van der Waals surface area contributed by atoms with E-state index in [2.05, 4.69) is 40.4 Å². The van der Waals surface area contributed by atoms with E-state index < -0.39 is 0 Å². The van der Waals surface area contributed by atoms with Crippen molar-refractivity contribution in [2.45, 2.75) is 45.9 Å².